The van der Waals surface area contributed by atoms with Gasteiger partial charge in [-0.15, -0.1) is 11.6 Å². The first-order valence-corrected chi connectivity index (χ1v) is 7.27. The van der Waals surface area contributed by atoms with Crippen LogP contribution in [0, 0.1) is 6.92 Å². The van der Waals surface area contributed by atoms with Crippen molar-refractivity contribution in [1.29, 1.82) is 0 Å². The highest BCUT2D eigenvalue weighted by Crippen LogP contribution is 2.18. The van der Waals surface area contributed by atoms with Gasteiger partial charge in [0, 0.05) is 37.8 Å². The van der Waals surface area contributed by atoms with E-state index in [1.54, 1.807) is 0 Å². The molecule has 0 unspecified atom stereocenters. The van der Waals surface area contributed by atoms with Gasteiger partial charge in [-0.3, -0.25) is 4.90 Å². The molecule has 0 spiro atoms. The number of piperazine rings is 1. The van der Waals surface area contributed by atoms with Crippen molar-refractivity contribution in [2.24, 2.45) is 0 Å². The maximum atomic E-state index is 5.92. The normalized spacial score (nSPS) is 17.2. The molecule has 0 atom stereocenters. The molecule has 1 aromatic heterocycles. The minimum absolute atomic E-state index is 0.562. The predicted octanol–water partition coefficient (Wildman–Crippen LogP) is 2.66. The van der Waals surface area contributed by atoms with Crippen LogP contribution in [0.25, 0.3) is 0 Å². The van der Waals surface area contributed by atoms with Gasteiger partial charge >= 0.3 is 0 Å². The largest absolute Gasteiger partial charge is 0.354 e. The summed E-state index contributed by atoms with van der Waals surface area (Å²) < 4.78 is 0. The Kier molecular flexibility index (Phi) is 4.84. The number of anilines is 1. The Morgan fingerprint density at radius 2 is 1.94 bits per heavy atom. The Labute approximate surface area is 115 Å². The molecule has 100 valence electrons. The zero-order chi connectivity index (χ0) is 13.0. The number of aromatic nitrogens is 1. The molecule has 1 aliphatic rings. The minimum Gasteiger partial charge on any atom is -0.354 e. The number of hydrogen-bond donors (Lipinski definition) is 0. The van der Waals surface area contributed by atoms with Crippen molar-refractivity contribution in [3.8, 4) is 0 Å². The van der Waals surface area contributed by atoms with Crippen LogP contribution in [0.15, 0.2) is 12.1 Å². The van der Waals surface area contributed by atoms with Gasteiger partial charge in [-0.25, -0.2) is 4.98 Å². The highest BCUT2D eigenvalue weighted by Gasteiger charge is 2.17. The minimum atomic E-state index is 0.562. The molecule has 1 fully saturated rings. The Balaban J connectivity index is 2.02. The lowest BCUT2D eigenvalue weighted by molar-refractivity contribution is 0.258. The van der Waals surface area contributed by atoms with Crippen LogP contribution in [0.4, 0.5) is 5.82 Å². The number of nitrogens with zero attached hydrogens (tertiary/aromatic N) is 3. The molecule has 0 aliphatic carbocycles. The van der Waals surface area contributed by atoms with Gasteiger partial charge in [0.2, 0.25) is 0 Å². The van der Waals surface area contributed by atoms with E-state index in [1.807, 2.05) is 6.92 Å². The monoisotopic (exact) mass is 267 g/mol. The molecular weight excluding hydrogens is 246 g/mol. The van der Waals surface area contributed by atoms with Gasteiger partial charge in [-0.2, -0.15) is 0 Å². The molecule has 1 saturated heterocycles. The summed E-state index contributed by atoms with van der Waals surface area (Å²) in [5.74, 6) is 1.65. The lowest BCUT2D eigenvalue weighted by Gasteiger charge is -2.35. The van der Waals surface area contributed by atoms with Crippen molar-refractivity contribution in [1.82, 2.24) is 9.88 Å². The van der Waals surface area contributed by atoms with Crippen LogP contribution in [0.3, 0.4) is 0 Å². The number of rotatable bonds is 4. The Morgan fingerprint density at radius 3 is 2.56 bits per heavy atom. The summed E-state index contributed by atoms with van der Waals surface area (Å²) in [7, 11) is 0. The van der Waals surface area contributed by atoms with Gasteiger partial charge in [0.25, 0.3) is 0 Å². The van der Waals surface area contributed by atoms with Crippen molar-refractivity contribution in [3.63, 3.8) is 0 Å². The second-order valence-electron chi connectivity index (χ2n) is 4.94. The second kappa shape index (κ2) is 6.39. The van der Waals surface area contributed by atoms with Crippen LogP contribution >= 0.6 is 11.6 Å². The van der Waals surface area contributed by atoms with Crippen LogP contribution in [0.5, 0.6) is 0 Å². The van der Waals surface area contributed by atoms with Crippen LogP contribution < -0.4 is 4.90 Å². The number of pyridine rings is 1. The first kappa shape index (κ1) is 13.6. The van der Waals surface area contributed by atoms with E-state index < -0.39 is 0 Å². The van der Waals surface area contributed by atoms with E-state index in [0.717, 1.165) is 43.3 Å². The number of hydrogen-bond acceptors (Lipinski definition) is 3. The third kappa shape index (κ3) is 3.36. The molecule has 18 heavy (non-hydrogen) atoms. The smallest absolute Gasteiger partial charge is 0.129 e. The van der Waals surface area contributed by atoms with Crippen molar-refractivity contribution < 1.29 is 0 Å². The molecule has 0 bridgehead atoms. The van der Waals surface area contributed by atoms with E-state index in [2.05, 4.69) is 33.8 Å². The SMILES string of the molecule is CCCN1CCN(c2cc(CCl)cc(C)n2)CC1. The molecule has 1 aliphatic heterocycles. The Bertz CT molecular complexity index is 387. The third-order valence-electron chi connectivity index (χ3n) is 3.39. The van der Waals surface area contributed by atoms with Gasteiger partial charge in [0.15, 0.2) is 0 Å². The molecule has 4 heteroatoms. The summed E-state index contributed by atoms with van der Waals surface area (Å²) in [6.45, 7) is 9.89. The van der Waals surface area contributed by atoms with Crippen molar-refractivity contribution in [3.05, 3.63) is 23.4 Å². The fourth-order valence-electron chi connectivity index (χ4n) is 2.48. The summed E-state index contributed by atoms with van der Waals surface area (Å²) in [5, 5.41) is 0. The predicted molar refractivity (Wildman–Crippen MR) is 77.5 cm³/mol. The van der Waals surface area contributed by atoms with Gasteiger partial charge in [-0.1, -0.05) is 6.92 Å². The topological polar surface area (TPSA) is 19.4 Å². The number of aryl methyl sites for hydroxylation is 1. The van der Waals surface area contributed by atoms with E-state index in [0.29, 0.717) is 5.88 Å². The van der Waals surface area contributed by atoms with Gasteiger partial charge in [0.05, 0.1) is 0 Å². The van der Waals surface area contributed by atoms with Crippen molar-refractivity contribution >= 4 is 17.4 Å². The molecular formula is C14H22ClN3. The second-order valence-corrected chi connectivity index (χ2v) is 5.20. The zero-order valence-corrected chi connectivity index (χ0v) is 12.1. The summed E-state index contributed by atoms with van der Waals surface area (Å²) in [6, 6.07) is 4.18. The lowest BCUT2D eigenvalue weighted by atomic mass is 10.2. The Morgan fingerprint density at radius 1 is 1.22 bits per heavy atom. The Hall–Kier alpha value is -0.800. The summed E-state index contributed by atoms with van der Waals surface area (Å²) in [5.41, 5.74) is 2.22. The maximum absolute atomic E-state index is 5.92. The number of halogens is 1. The summed E-state index contributed by atoms with van der Waals surface area (Å²) in [4.78, 5) is 9.52. The molecule has 3 nitrogen and oxygen atoms in total. The highest BCUT2D eigenvalue weighted by atomic mass is 35.5. The van der Waals surface area contributed by atoms with Crippen molar-refractivity contribution in [2.75, 3.05) is 37.6 Å². The van der Waals surface area contributed by atoms with Gasteiger partial charge in [0.1, 0.15) is 5.82 Å². The molecule has 0 amide bonds. The van der Waals surface area contributed by atoms with Gasteiger partial charge in [-0.05, 0) is 37.6 Å². The maximum Gasteiger partial charge on any atom is 0.129 e. The average Bonchev–Trinajstić information content (AvgIpc) is 2.39. The summed E-state index contributed by atoms with van der Waals surface area (Å²) >= 11 is 5.92. The van der Waals surface area contributed by atoms with E-state index in [-0.39, 0.29) is 0 Å². The number of alkyl halides is 1. The van der Waals surface area contributed by atoms with E-state index in [9.17, 15) is 0 Å². The zero-order valence-electron chi connectivity index (χ0n) is 11.3. The van der Waals surface area contributed by atoms with Gasteiger partial charge < -0.3 is 4.90 Å². The lowest BCUT2D eigenvalue weighted by Crippen LogP contribution is -2.46. The highest BCUT2D eigenvalue weighted by molar-refractivity contribution is 6.17. The van der Waals surface area contributed by atoms with Crippen LogP contribution in [0.1, 0.15) is 24.6 Å². The average molecular weight is 268 g/mol. The molecule has 2 rings (SSSR count). The molecule has 2 heterocycles. The third-order valence-corrected chi connectivity index (χ3v) is 3.70. The quantitative estimate of drug-likeness (QED) is 0.782. The molecule has 0 radical (unpaired) electrons. The molecule has 0 saturated carbocycles. The fourth-order valence-corrected chi connectivity index (χ4v) is 2.63. The summed E-state index contributed by atoms with van der Waals surface area (Å²) in [6.07, 6.45) is 1.24. The molecule has 1 aromatic rings. The van der Waals surface area contributed by atoms with Crippen LogP contribution in [0.2, 0.25) is 0 Å². The van der Waals surface area contributed by atoms with E-state index in [4.69, 9.17) is 11.6 Å². The standard InChI is InChI=1S/C14H22ClN3/c1-3-4-17-5-7-18(8-6-17)14-10-13(11-15)9-12(2)16-14/h9-10H,3-8,11H2,1-2H3. The first-order valence-electron chi connectivity index (χ1n) is 6.73. The van der Waals surface area contributed by atoms with E-state index >= 15 is 0 Å². The van der Waals surface area contributed by atoms with E-state index in [1.165, 1.54) is 13.0 Å². The molecule has 0 aromatic carbocycles. The van der Waals surface area contributed by atoms with Crippen LogP contribution in [-0.4, -0.2) is 42.6 Å². The molecule has 0 N–H and O–H groups in total. The first-order chi connectivity index (χ1) is 8.72. The van der Waals surface area contributed by atoms with Crippen LogP contribution in [-0.2, 0) is 5.88 Å². The van der Waals surface area contributed by atoms with Crippen molar-refractivity contribution in [2.45, 2.75) is 26.1 Å². The fraction of sp³-hybridized carbons (Fsp3) is 0.643.